The van der Waals surface area contributed by atoms with Crippen LogP contribution >= 0.6 is 0 Å². The monoisotopic (exact) mass is 153 g/mol. The maximum atomic E-state index is 2.75. The zero-order valence-electron chi connectivity index (χ0n) is 7.71. The summed E-state index contributed by atoms with van der Waals surface area (Å²) in [7, 11) is 0. The van der Waals surface area contributed by atoms with Crippen molar-refractivity contribution < 1.29 is 0 Å². The van der Waals surface area contributed by atoms with Gasteiger partial charge < -0.3 is 0 Å². The quantitative estimate of drug-likeness (QED) is 0.559. The molecule has 0 N–H and O–H groups in total. The normalized spacial score (nSPS) is 38.5. The van der Waals surface area contributed by atoms with Crippen LogP contribution < -0.4 is 0 Å². The van der Waals surface area contributed by atoms with Crippen molar-refractivity contribution in [2.24, 2.45) is 0 Å². The Morgan fingerprint density at radius 2 is 1.55 bits per heavy atom. The molecule has 1 nitrogen and oxygen atoms in total. The van der Waals surface area contributed by atoms with Gasteiger partial charge in [-0.15, -0.1) is 0 Å². The average molecular weight is 153 g/mol. The first-order valence-corrected chi connectivity index (χ1v) is 5.06. The van der Waals surface area contributed by atoms with Gasteiger partial charge >= 0.3 is 0 Å². The molecule has 64 valence electrons. The van der Waals surface area contributed by atoms with E-state index < -0.39 is 0 Å². The second-order valence-corrected chi connectivity index (χ2v) is 4.36. The zero-order valence-corrected chi connectivity index (χ0v) is 7.71. The van der Waals surface area contributed by atoms with Crippen LogP contribution in [0.2, 0.25) is 0 Å². The minimum Gasteiger partial charge on any atom is -0.295 e. The highest BCUT2D eigenvalue weighted by Crippen LogP contribution is 2.36. The van der Waals surface area contributed by atoms with Crippen molar-refractivity contribution in [3.05, 3.63) is 0 Å². The second-order valence-electron chi connectivity index (χ2n) is 4.36. The van der Waals surface area contributed by atoms with Crippen LogP contribution in [0.1, 0.15) is 46.0 Å². The van der Waals surface area contributed by atoms with Crippen LogP contribution in [0, 0.1) is 0 Å². The van der Waals surface area contributed by atoms with Crippen molar-refractivity contribution in [2.75, 3.05) is 0 Å². The molecule has 2 rings (SSSR count). The molecular formula is C10H19N. The van der Waals surface area contributed by atoms with E-state index in [9.17, 15) is 0 Å². The lowest BCUT2D eigenvalue weighted by atomic mass is 10.0. The van der Waals surface area contributed by atoms with Gasteiger partial charge in [0.25, 0.3) is 0 Å². The SMILES string of the molecule is CC(C)N1C2CCC[C@@H]1CC2. The van der Waals surface area contributed by atoms with Crippen molar-refractivity contribution in [1.82, 2.24) is 4.90 Å². The molecular weight excluding hydrogens is 134 g/mol. The van der Waals surface area contributed by atoms with Crippen LogP contribution in [0.25, 0.3) is 0 Å². The van der Waals surface area contributed by atoms with Crippen molar-refractivity contribution in [3.63, 3.8) is 0 Å². The summed E-state index contributed by atoms with van der Waals surface area (Å²) >= 11 is 0. The summed E-state index contributed by atoms with van der Waals surface area (Å²) in [6.45, 7) is 4.69. The van der Waals surface area contributed by atoms with Crippen LogP contribution in [0.15, 0.2) is 0 Å². The fourth-order valence-electron chi connectivity index (χ4n) is 3.00. The van der Waals surface area contributed by atoms with Gasteiger partial charge in [0, 0.05) is 18.1 Å². The maximum absolute atomic E-state index is 2.75. The Bertz CT molecular complexity index is 126. The topological polar surface area (TPSA) is 3.24 Å². The lowest BCUT2D eigenvalue weighted by molar-refractivity contribution is 0.104. The smallest absolute Gasteiger partial charge is 0.0101 e. The van der Waals surface area contributed by atoms with Crippen LogP contribution in [-0.4, -0.2) is 23.0 Å². The van der Waals surface area contributed by atoms with E-state index in [1.54, 1.807) is 0 Å². The van der Waals surface area contributed by atoms with Gasteiger partial charge in [-0.2, -0.15) is 0 Å². The zero-order chi connectivity index (χ0) is 7.84. The average Bonchev–Trinajstić information content (AvgIpc) is 2.23. The molecule has 2 saturated heterocycles. The van der Waals surface area contributed by atoms with E-state index in [0.717, 1.165) is 18.1 Å². The van der Waals surface area contributed by atoms with Gasteiger partial charge in [0.2, 0.25) is 0 Å². The fourth-order valence-corrected chi connectivity index (χ4v) is 3.00. The van der Waals surface area contributed by atoms with Crippen LogP contribution in [-0.2, 0) is 0 Å². The summed E-state index contributed by atoms with van der Waals surface area (Å²) in [5, 5.41) is 0. The summed E-state index contributed by atoms with van der Waals surface area (Å²) in [4.78, 5) is 2.75. The summed E-state index contributed by atoms with van der Waals surface area (Å²) in [5.74, 6) is 0. The van der Waals surface area contributed by atoms with E-state index in [-0.39, 0.29) is 0 Å². The molecule has 11 heavy (non-hydrogen) atoms. The molecule has 0 aliphatic carbocycles. The molecule has 2 heterocycles. The molecule has 2 aliphatic rings. The van der Waals surface area contributed by atoms with Crippen LogP contribution in [0.4, 0.5) is 0 Å². The van der Waals surface area contributed by atoms with E-state index >= 15 is 0 Å². The molecule has 2 aliphatic heterocycles. The van der Waals surface area contributed by atoms with Crippen LogP contribution in [0.5, 0.6) is 0 Å². The van der Waals surface area contributed by atoms with Gasteiger partial charge in [-0.1, -0.05) is 6.42 Å². The molecule has 0 aromatic carbocycles. The summed E-state index contributed by atoms with van der Waals surface area (Å²) in [6.07, 6.45) is 7.37. The Labute approximate surface area is 69.8 Å². The van der Waals surface area contributed by atoms with E-state index in [4.69, 9.17) is 0 Å². The first-order chi connectivity index (χ1) is 5.29. The van der Waals surface area contributed by atoms with Crippen molar-refractivity contribution in [1.29, 1.82) is 0 Å². The maximum Gasteiger partial charge on any atom is 0.0101 e. The van der Waals surface area contributed by atoms with Gasteiger partial charge in [-0.3, -0.25) is 4.90 Å². The largest absolute Gasteiger partial charge is 0.295 e. The Morgan fingerprint density at radius 3 is 1.91 bits per heavy atom. The molecule has 1 unspecified atom stereocenters. The van der Waals surface area contributed by atoms with E-state index in [1.165, 1.54) is 32.1 Å². The molecule has 0 amide bonds. The third kappa shape index (κ3) is 1.20. The second kappa shape index (κ2) is 2.78. The molecule has 2 bridgehead atoms. The van der Waals surface area contributed by atoms with E-state index in [1.807, 2.05) is 0 Å². The van der Waals surface area contributed by atoms with Gasteiger partial charge in [0.05, 0.1) is 0 Å². The number of hydrogen-bond donors (Lipinski definition) is 0. The third-order valence-corrected chi connectivity index (χ3v) is 3.35. The predicted octanol–water partition coefficient (Wildman–Crippen LogP) is 2.41. The number of nitrogens with zero attached hydrogens (tertiary/aromatic N) is 1. The number of piperidine rings is 1. The van der Waals surface area contributed by atoms with Gasteiger partial charge in [0.15, 0.2) is 0 Å². The molecule has 0 saturated carbocycles. The lowest BCUT2D eigenvalue weighted by Crippen LogP contribution is -2.43. The summed E-state index contributed by atoms with van der Waals surface area (Å²) < 4.78 is 0. The Hall–Kier alpha value is -0.0400. The van der Waals surface area contributed by atoms with Crippen molar-refractivity contribution >= 4 is 0 Å². The first-order valence-electron chi connectivity index (χ1n) is 5.06. The summed E-state index contributed by atoms with van der Waals surface area (Å²) in [5.41, 5.74) is 0. The standard InChI is InChI=1S/C10H19N/c1-8(2)11-9-4-3-5-10(11)7-6-9/h8-10H,3-7H2,1-2H3/t9-,10?/m1/s1. The number of fused-ring (bicyclic) bond motifs is 2. The van der Waals surface area contributed by atoms with E-state index in [0.29, 0.717) is 0 Å². The van der Waals surface area contributed by atoms with Gasteiger partial charge in [-0.05, 0) is 39.5 Å². The molecule has 0 aromatic heterocycles. The minimum atomic E-state index is 0.785. The van der Waals surface area contributed by atoms with Gasteiger partial charge in [-0.25, -0.2) is 0 Å². The van der Waals surface area contributed by atoms with E-state index in [2.05, 4.69) is 18.7 Å². The third-order valence-electron chi connectivity index (χ3n) is 3.35. The number of rotatable bonds is 1. The highest BCUT2D eigenvalue weighted by molar-refractivity contribution is 4.93. The minimum absolute atomic E-state index is 0.785. The molecule has 2 atom stereocenters. The lowest BCUT2D eigenvalue weighted by Gasteiger charge is -2.37. The fraction of sp³-hybridized carbons (Fsp3) is 1.00. The number of hydrogen-bond acceptors (Lipinski definition) is 1. The van der Waals surface area contributed by atoms with Crippen molar-refractivity contribution in [3.8, 4) is 0 Å². The van der Waals surface area contributed by atoms with Gasteiger partial charge in [0.1, 0.15) is 0 Å². The molecule has 1 heteroatoms. The molecule has 2 fully saturated rings. The van der Waals surface area contributed by atoms with Crippen molar-refractivity contribution in [2.45, 2.75) is 64.1 Å². The first kappa shape index (κ1) is 7.60. The highest BCUT2D eigenvalue weighted by Gasteiger charge is 2.37. The molecule has 0 aromatic rings. The Kier molecular flexibility index (Phi) is 1.92. The molecule has 0 radical (unpaired) electrons. The predicted molar refractivity (Wildman–Crippen MR) is 47.6 cm³/mol. The summed E-state index contributed by atoms with van der Waals surface area (Å²) in [6, 6.07) is 2.69. The van der Waals surface area contributed by atoms with Crippen LogP contribution in [0.3, 0.4) is 0 Å². The molecule has 0 spiro atoms. The Morgan fingerprint density at radius 1 is 1.00 bits per heavy atom. The highest BCUT2D eigenvalue weighted by atomic mass is 15.2. The Balaban J connectivity index is 2.09.